The summed E-state index contributed by atoms with van der Waals surface area (Å²) in [5.41, 5.74) is 0.607. The normalized spacial score (nSPS) is 23.8. The van der Waals surface area contributed by atoms with Crippen LogP contribution in [-0.2, 0) is 4.74 Å². The number of amides is 1. The lowest BCUT2D eigenvalue weighted by molar-refractivity contribution is 0.0773. The van der Waals surface area contributed by atoms with Crippen LogP contribution in [0.5, 0.6) is 0 Å². The zero-order chi connectivity index (χ0) is 16.7. The molecule has 1 saturated carbocycles. The Balaban J connectivity index is 1.54. The Morgan fingerprint density at radius 1 is 1.42 bits per heavy atom. The molecule has 1 saturated heterocycles. The average Bonchev–Trinajstić information content (AvgIpc) is 2.99. The maximum absolute atomic E-state index is 12.7. The maximum atomic E-state index is 12.7. The number of aromatic nitrogens is 2. The van der Waals surface area contributed by atoms with Crippen molar-refractivity contribution in [1.82, 2.24) is 15.0 Å². The van der Waals surface area contributed by atoms with Gasteiger partial charge in [-0.1, -0.05) is 5.16 Å². The van der Waals surface area contributed by atoms with Crippen LogP contribution in [0.15, 0.2) is 21.3 Å². The molecule has 0 aromatic carbocycles. The van der Waals surface area contributed by atoms with E-state index in [9.17, 15) is 4.79 Å². The number of likely N-dealkylation sites (tertiary alicyclic amines) is 1. The van der Waals surface area contributed by atoms with Gasteiger partial charge in [-0.2, -0.15) is 4.98 Å². The van der Waals surface area contributed by atoms with E-state index in [2.05, 4.69) is 10.1 Å². The molecule has 0 bridgehead atoms. The molecule has 0 spiro atoms. The van der Waals surface area contributed by atoms with E-state index in [0.29, 0.717) is 42.8 Å². The molecule has 0 radical (unpaired) electrons. The minimum Gasteiger partial charge on any atom is -0.469 e. The molecule has 1 aliphatic heterocycles. The predicted molar refractivity (Wildman–Crippen MR) is 83.7 cm³/mol. The summed E-state index contributed by atoms with van der Waals surface area (Å²) in [5.74, 6) is 2.66. The second-order valence-electron chi connectivity index (χ2n) is 6.69. The zero-order valence-electron chi connectivity index (χ0n) is 13.9. The second kappa shape index (κ2) is 6.05. The summed E-state index contributed by atoms with van der Waals surface area (Å²) in [7, 11) is 1.67. The van der Waals surface area contributed by atoms with Crippen LogP contribution < -0.4 is 0 Å². The molecule has 2 aliphatic rings. The SMILES string of the molecule is COC[C@@H]1CN(C(=O)c2ccoc2C)C[C@H]1c1nc(C2CC2)no1. The van der Waals surface area contributed by atoms with Gasteiger partial charge in [-0.25, -0.2) is 0 Å². The molecule has 2 fully saturated rings. The van der Waals surface area contributed by atoms with Crippen molar-refractivity contribution in [3.63, 3.8) is 0 Å². The smallest absolute Gasteiger partial charge is 0.257 e. The lowest BCUT2D eigenvalue weighted by Gasteiger charge is -2.15. The Kier molecular flexibility index (Phi) is 3.88. The van der Waals surface area contributed by atoms with Gasteiger partial charge in [0.05, 0.1) is 24.4 Å². The molecule has 7 nitrogen and oxygen atoms in total. The van der Waals surface area contributed by atoms with E-state index in [-0.39, 0.29) is 17.7 Å². The maximum Gasteiger partial charge on any atom is 0.257 e. The van der Waals surface area contributed by atoms with Crippen LogP contribution in [0.1, 0.15) is 52.5 Å². The Hall–Kier alpha value is -2.15. The monoisotopic (exact) mass is 331 g/mol. The van der Waals surface area contributed by atoms with E-state index >= 15 is 0 Å². The van der Waals surface area contributed by atoms with Crippen molar-refractivity contribution in [2.24, 2.45) is 5.92 Å². The predicted octanol–water partition coefficient (Wildman–Crippen LogP) is 2.35. The molecular weight excluding hydrogens is 310 g/mol. The van der Waals surface area contributed by atoms with E-state index in [4.69, 9.17) is 13.7 Å². The van der Waals surface area contributed by atoms with E-state index in [0.717, 1.165) is 18.7 Å². The fraction of sp³-hybridized carbons (Fsp3) is 0.588. The van der Waals surface area contributed by atoms with Gasteiger partial charge in [0, 0.05) is 32.0 Å². The van der Waals surface area contributed by atoms with Crippen LogP contribution in [-0.4, -0.2) is 47.8 Å². The molecule has 1 amide bonds. The highest BCUT2D eigenvalue weighted by Crippen LogP contribution is 2.40. The Labute approximate surface area is 140 Å². The fourth-order valence-electron chi connectivity index (χ4n) is 3.38. The number of hydrogen-bond donors (Lipinski definition) is 0. The molecule has 2 aromatic heterocycles. The van der Waals surface area contributed by atoms with Gasteiger partial charge in [0.1, 0.15) is 5.76 Å². The minimum absolute atomic E-state index is 0.0149. The number of methoxy groups -OCH3 is 1. The summed E-state index contributed by atoms with van der Waals surface area (Å²) in [6, 6.07) is 1.72. The molecular formula is C17H21N3O4. The van der Waals surface area contributed by atoms with E-state index in [1.54, 1.807) is 26.4 Å². The summed E-state index contributed by atoms with van der Waals surface area (Å²) in [6.45, 7) is 3.53. The number of carbonyl (C=O) groups is 1. The van der Waals surface area contributed by atoms with Gasteiger partial charge in [-0.3, -0.25) is 4.79 Å². The molecule has 0 N–H and O–H groups in total. The number of hydrogen-bond acceptors (Lipinski definition) is 6. The first kappa shape index (κ1) is 15.4. The van der Waals surface area contributed by atoms with E-state index < -0.39 is 0 Å². The second-order valence-corrected chi connectivity index (χ2v) is 6.69. The first-order valence-electron chi connectivity index (χ1n) is 8.33. The highest BCUT2D eigenvalue weighted by Gasteiger charge is 2.41. The summed E-state index contributed by atoms with van der Waals surface area (Å²) < 4.78 is 16.1. The van der Waals surface area contributed by atoms with Crippen LogP contribution in [0.4, 0.5) is 0 Å². The first-order chi connectivity index (χ1) is 11.7. The Bertz CT molecular complexity index is 734. The number of rotatable bonds is 5. The molecule has 1 aliphatic carbocycles. The molecule has 2 atom stereocenters. The lowest BCUT2D eigenvalue weighted by atomic mass is 9.97. The number of ether oxygens (including phenoxy) is 1. The third-order valence-corrected chi connectivity index (χ3v) is 4.92. The Morgan fingerprint density at radius 2 is 2.25 bits per heavy atom. The molecule has 0 unspecified atom stereocenters. The van der Waals surface area contributed by atoms with Gasteiger partial charge in [0.25, 0.3) is 5.91 Å². The molecule has 4 rings (SSSR count). The van der Waals surface area contributed by atoms with Gasteiger partial charge in [-0.05, 0) is 25.8 Å². The fourth-order valence-corrected chi connectivity index (χ4v) is 3.38. The van der Waals surface area contributed by atoms with Crippen molar-refractivity contribution in [3.05, 3.63) is 35.4 Å². The Morgan fingerprint density at radius 3 is 2.92 bits per heavy atom. The van der Waals surface area contributed by atoms with Crippen LogP contribution in [0.25, 0.3) is 0 Å². The van der Waals surface area contributed by atoms with Gasteiger partial charge < -0.3 is 18.6 Å². The molecule has 7 heteroatoms. The molecule has 2 aromatic rings. The van der Waals surface area contributed by atoms with Crippen molar-refractivity contribution in [1.29, 1.82) is 0 Å². The first-order valence-corrected chi connectivity index (χ1v) is 8.33. The van der Waals surface area contributed by atoms with Crippen molar-refractivity contribution in [2.75, 3.05) is 26.8 Å². The van der Waals surface area contributed by atoms with Crippen molar-refractivity contribution in [2.45, 2.75) is 31.6 Å². The molecule has 3 heterocycles. The van der Waals surface area contributed by atoms with Gasteiger partial charge in [-0.15, -0.1) is 0 Å². The average molecular weight is 331 g/mol. The third-order valence-electron chi connectivity index (χ3n) is 4.92. The summed E-state index contributed by atoms with van der Waals surface area (Å²) >= 11 is 0. The quantitative estimate of drug-likeness (QED) is 0.836. The number of nitrogens with zero attached hydrogens (tertiary/aromatic N) is 3. The summed E-state index contributed by atoms with van der Waals surface area (Å²) in [4.78, 5) is 19.1. The molecule has 128 valence electrons. The largest absolute Gasteiger partial charge is 0.469 e. The van der Waals surface area contributed by atoms with Crippen molar-refractivity contribution >= 4 is 5.91 Å². The minimum atomic E-state index is -0.0215. The van der Waals surface area contributed by atoms with Gasteiger partial charge in [0.15, 0.2) is 5.82 Å². The van der Waals surface area contributed by atoms with Crippen LogP contribution in [0.2, 0.25) is 0 Å². The standard InChI is InChI=1S/C17H21N3O4/c1-10-13(5-6-23-10)17(21)20-7-12(9-22-2)14(8-20)16-18-15(19-24-16)11-3-4-11/h5-6,11-12,14H,3-4,7-9H2,1-2H3/t12-,14+/m0/s1. The van der Waals surface area contributed by atoms with E-state index in [1.807, 2.05) is 4.90 Å². The van der Waals surface area contributed by atoms with Crippen molar-refractivity contribution < 1.29 is 18.5 Å². The van der Waals surface area contributed by atoms with Crippen LogP contribution >= 0.6 is 0 Å². The van der Waals surface area contributed by atoms with E-state index in [1.165, 1.54) is 0 Å². The number of aryl methyl sites for hydroxylation is 1. The molecule has 24 heavy (non-hydrogen) atoms. The summed E-state index contributed by atoms with van der Waals surface area (Å²) in [6.07, 6.45) is 3.81. The topological polar surface area (TPSA) is 81.6 Å². The van der Waals surface area contributed by atoms with Crippen LogP contribution in [0, 0.1) is 12.8 Å². The van der Waals surface area contributed by atoms with Gasteiger partial charge >= 0.3 is 0 Å². The van der Waals surface area contributed by atoms with Gasteiger partial charge in [0.2, 0.25) is 5.89 Å². The number of carbonyl (C=O) groups excluding carboxylic acids is 1. The highest BCUT2D eigenvalue weighted by atomic mass is 16.5. The lowest BCUT2D eigenvalue weighted by Crippen LogP contribution is -2.29. The van der Waals surface area contributed by atoms with Crippen molar-refractivity contribution in [3.8, 4) is 0 Å². The van der Waals surface area contributed by atoms with Crippen LogP contribution in [0.3, 0.4) is 0 Å². The summed E-state index contributed by atoms with van der Waals surface area (Å²) in [5, 5.41) is 4.11. The zero-order valence-corrected chi connectivity index (χ0v) is 13.9. The number of furan rings is 1. The highest BCUT2D eigenvalue weighted by molar-refractivity contribution is 5.95. The third kappa shape index (κ3) is 2.73.